The first-order chi connectivity index (χ1) is 10.5. The fraction of sp³-hybridized carbons (Fsp3) is 0.500. The fourth-order valence-corrected chi connectivity index (χ4v) is 2.93. The van der Waals surface area contributed by atoms with Crippen LogP contribution in [0.2, 0.25) is 0 Å². The quantitative estimate of drug-likeness (QED) is 0.763. The Labute approximate surface area is 128 Å². The SMILES string of the molecule is COc1cccc(CCC(C(=O)O)C2CC2C(=O)O)c1OC. The van der Waals surface area contributed by atoms with Gasteiger partial charge in [0.05, 0.1) is 26.1 Å². The summed E-state index contributed by atoms with van der Waals surface area (Å²) in [6.45, 7) is 0. The third-order valence-electron chi connectivity index (χ3n) is 4.20. The van der Waals surface area contributed by atoms with Crippen LogP contribution < -0.4 is 9.47 Å². The number of carboxylic acid groups (broad SMARTS) is 2. The highest BCUT2D eigenvalue weighted by Crippen LogP contribution is 2.46. The lowest BCUT2D eigenvalue weighted by Gasteiger charge is -2.15. The third-order valence-corrected chi connectivity index (χ3v) is 4.20. The Morgan fingerprint density at radius 2 is 2.00 bits per heavy atom. The van der Waals surface area contributed by atoms with Crippen LogP contribution in [0.5, 0.6) is 11.5 Å². The Bertz CT molecular complexity index is 568. The van der Waals surface area contributed by atoms with Gasteiger partial charge in [-0.15, -0.1) is 0 Å². The number of para-hydroxylation sites is 1. The van der Waals surface area contributed by atoms with Gasteiger partial charge in [0.2, 0.25) is 0 Å². The number of hydrogen-bond donors (Lipinski definition) is 2. The molecule has 1 fully saturated rings. The van der Waals surface area contributed by atoms with E-state index in [9.17, 15) is 14.7 Å². The van der Waals surface area contributed by atoms with Crippen LogP contribution in [0.4, 0.5) is 0 Å². The van der Waals surface area contributed by atoms with Crippen molar-refractivity contribution in [3.63, 3.8) is 0 Å². The van der Waals surface area contributed by atoms with E-state index in [1.54, 1.807) is 13.2 Å². The normalized spacial score (nSPS) is 21.0. The molecule has 0 spiro atoms. The fourth-order valence-electron chi connectivity index (χ4n) is 2.93. The molecule has 6 heteroatoms. The van der Waals surface area contributed by atoms with Crippen molar-refractivity contribution in [1.82, 2.24) is 0 Å². The molecule has 1 aliphatic carbocycles. The van der Waals surface area contributed by atoms with E-state index in [-0.39, 0.29) is 5.92 Å². The lowest BCUT2D eigenvalue weighted by molar-refractivity contribution is -0.143. The molecule has 2 N–H and O–H groups in total. The number of rotatable bonds is 8. The molecule has 0 heterocycles. The van der Waals surface area contributed by atoms with Gasteiger partial charge in [0.1, 0.15) is 0 Å². The molecular formula is C16H20O6. The Morgan fingerprint density at radius 3 is 2.50 bits per heavy atom. The molecule has 1 aromatic carbocycles. The van der Waals surface area contributed by atoms with E-state index in [2.05, 4.69) is 0 Å². The minimum absolute atomic E-state index is 0.272. The van der Waals surface area contributed by atoms with Crippen LogP contribution in [-0.2, 0) is 16.0 Å². The van der Waals surface area contributed by atoms with Crippen LogP contribution in [0, 0.1) is 17.8 Å². The summed E-state index contributed by atoms with van der Waals surface area (Å²) in [5.41, 5.74) is 0.862. The summed E-state index contributed by atoms with van der Waals surface area (Å²) in [4.78, 5) is 22.3. The number of carbonyl (C=O) groups is 2. The van der Waals surface area contributed by atoms with Crippen LogP contribution in [-0.4, -0.2) is 36.4 Å². The van der Waals surface area contributed by atoms with Crippen LogP contribution in [0.3, 0.4) is 0 Å². The molecular weight excluding hydrogens is 288 g/mol. The molecule has 120 valence electrons. The predicted octanol–water partition coefficient (Wildman–Crippen LogP) is 2.06. The Hall–Kier alpha value is -2.24. The van der Waals surface area contributed by atoms with Crippen molar-refractivity contribution in [2.75, 3.05) is 14.2 Å². The molecule has 3 unspecified atom stereocenters. The molecule has 0 aliphatic heterocycles. The van der Waals surface area contributed by atoms with Crippen LogP contribution in [0.25, 0.3) is 0 Å². The number of methoxy groups -OCH3 is 2. The molecule has 1 aromatic rings. The summed E-state index contributed by atoms with van der Waals surface area (Å²) in [5.74, 6) is -2.08. The van der Waals surface area contributed by atoms with E-state index >= 15 is 0 Å². The number of carboxylic acids is 2. The minimum Gasteiger partial charge on any atom is -0.493 e. The van der Waals surface area contributed by atoms with Gasteiger partial charge in [-0.2, -0.15) is 0 Å². The van der Waals surface area contributed by atoms with E-state index in [0.717, 1.165) is 5.56 Å². The van der Waals surface area contributed by atoms with Gasteiger partial charge in [0, 0.05) is 0 Å². The first kappa shape index (κ1) is 16.1. The molecule has 0 saturated heterocycles. The van der Waals surface area contributed by atoms with Crippen molar-refractivity contribution in [1.29, 1.82) is 0 Å². The first-order valence-corrected chi connectivity index (χ1v) is 7.15. The average Bonchev–Trinajstić information content (AvgIpc) is 3.27. The first-order valence-electron chi connectivity index (χ1n) is 7.15. The maximum Gasteiger partial charge on any atom is 0.306 e. The highest BCUT2D eigenvalue weighted by molar-refractivity contribution is 5.77. The maximum atomic E-state index is 11.4. The predicted molar refractivity (Wildman–Crippen MR) is 78.2 cm³/mol. The van der Waals surface area contributed by atoms with Gasteiger partial charge in [-0.25, -0.2) is 0 Å². The van der Waals surface area contributed by atoms with E-state index in [1.807, 2.05) is 12.1 Å². The molecule has 22 heavy (non-hydrogen) atoms. The number of aliphatic carboxylic acids is 2. The summed E-state index contributed by atoms with van der Waals surface area (Å²) >= 11 is 0. The lowest BCUT2D eigenvalue weighted by atomic mass is 9.93. The van der Waals surface area contributed by atoms with Crippen molar-refractivity contribution in [3.8, 4) is 11.5 Å². The zero-order valence-electron chi connectivity index (χ0n) is 12.6. The second kappa shape index (κ2) is 6.68. The van der Waals surface area contributed by atoms with E-state index < -0.39 is 23.8 Å². The standard InChI is InChI=1S/C16H20O6/c1-21-13-5-3-4-9(14(13)22-2)6-7-10(15(17)18)11-8-12(11)16(19)20/h3-5,10-12H,6-8H2,1-2H3,(H,17,18)(H,19,20). The van der Waals surface area contributed by atoms with E-state index in [1.165, 1.54) is 7.11 Å². The van der Waals surface area contributed by atoms with Gasteiger partial charge in [0.25, 0.3) is 0 Å². The molecule has 1 aliphatic rings. The number of benzene rings is 1. The Balaban J connectivity index is 2.08. The molecule has 0 radical (unpaired) electrons. The van der Waals surface area contributed by atoms with Gasteiger partial charge in [-0.05, 0) is 36.8 Å². The highest BCUT2D eigenvalue weighted by Gasteiger charge is 2.50. The summed E-state index contributed by atoms with van der Waals surface area (Å²) in [5, 5.41) is 18.3. The van der Waals surface area contributed by atoms with Gasteiger partial charge >= 0.3 is 11.9 Å². The average molecular weight is 308 g/mol. The molecule has 2 rings (SSSR count). The molecule has 1 saturated carbocycles. The zero-order valence-corrected chi connectivity index (χ0v) is 12.6. The van der Waals surface area contributed by atoms with Crippen molar-refractivity contribution >= 4 is 11.9 Å². The second-order valence-corrected chi connectivity index (χ2v) is 5.48. The van der Waals surface area contributed by atoms with E-state index in [4.69, 9.17) is 14.6 Å². The maximum absolute atomic E-state index is 11.4. The van der Waals surface area contributed by atoms with Gasteiger partial charge in [-0.1, -0.05) is 12.1 Å². The molecule has 0 amide bonds. The van der Waals surface area contributed by atoms with Crippen LogP contribution in [0.1, 0.15) is 18.4 Å². The zero-order chi connectivity index (χ0) is 16.3. The van der Waals surface area contributed by atoms with Gasteiger partial charge in [0.15, 0.2) is 11.5 Å². The number of ether oxygens (including phenoxy) is 2. The van der Waals surface area contributed by atoms with Crippen molar-refractivity contribution in [3.05, 3.63) is 23.8 Å². The van der Waals surface area contributed by atoms with Crippen LogP contribution >= 0.6 is 0 Å². The summed E-state index contributed by atoms with van der Waals surface area (Å²) in [6, 6.07) is 5.46. The Kier molecular flexibility index (Phi) is 4.90. The van der Waals surface area contributed by atoms with Gasteiger partial charge in [-0.3, -0.25) is 9.59 Å². The largest absolute Gasteiger partial charge is 0.493 e. The number of hydrogen-bond acceptors (Lipinski definition) is 4. The molecule has 0 bridgehead atoms. The lowest BCUT2D eigenvalue weighted by Crippen LogP contribution is -2.19. The van der Waals surface area contributed by atoms with Gasteiger partial charge < -0.3 is 19.7 Å². The van der Waals surface area contributed by atoms with Crippen molar-refractivity contribution in [2.45, 2.75) is 19.3 Å². The highest BCUT2D eigenvalue weighted by atomic mass is 16.5. The topological polar surface area (TPSA) is 93.1 Å². The summed E-state index contributed by atoms with van der Waals surface area (Å²) in [7, 11) is 3.08. The smallest absolute Gasteiger partial charge is 0.306 e. The van der Waals surface area contributed by atoms with Crippen LogP contribution in [0.15, 0.2) is 18.2 Å². The second-order valence-electron chi connectivity index (χ2n) is 5.48. The molecule has 6 nitrogen and oxygen atoms in total. The van der Waals surface area contributed by atoms with E-state index in [0.29, 0.717) is 30.8 Å². The summed E-state index contributed by atoms with van der Waals surface area (Å²) < 4.78 is 10.5. The number of aryl methyl sites for hydroxylation is 1. The minimum atomic E-state index is -0.935. The monoisotopic (exact) mass is 308 g/mol. The summed E-state index contributed by atoms with van der Waals surface area (Å²) in [6.07, 6.45) is 1.33. The molecule has 0 aromatic heterocycles. The third kappa shape index (κ3) is 3.32. The molecule has 3 atom stereocenters. The van der Waals surface area contributed by atoms with Crippen molar-refractivity contribution < 1.29 is 29.3 Å². The van der Waals surface area contributed by atoms with Crippen molar-refractivity contribution in [2.24, 2.45) is 17.8 Å². The Morgan fingerprint density at radius 1 is 1.27 bits per heavy atom.